The Labute approximate surface area is 136 Å². The molecular formula is C19H19N3O. The molecule has 1 aliphatic rings. The van der Waals surface area contributed by atoms with Crippen LogP contribution in [0, 0.1) is 11.3 Å². The molecule has 0 saturated carbocycles. The zero-order valence-electron chi connectivity index (χ0n) is 13.0. The minimum absolute atomic E-state index is 0.154. The van der Waals surface area contributed by atoms with E-state index in [2.05, 4.69) is 16.3 Å². The Hall–Kier alpha value is -2.80. The van der Waals surface area contributed by atoms with Gasteiger partial charge in [0.25, 0.3) is 5.91 Å². The van der Waals surface area contributed by atoms with Crippen LogP contribution in [0.4, 0.5) is 11.4 Å². The normalized spacial score (nSPS) is 13.6. The van der Waals surface area contributed by atoms with Crippen LogP contribution in [0.25, 0.3) is 0 Å². The molecule has 23 heavy (non-hydrogen) atoms. The lowest BCUT2D eigenvalue weighted by molar-refractivity contribution is 0.102. The Morgan fingerprint density at radius 1 is 1.13 bits per heavy atom. The summed E-state index contributed by atoms with van der Waals surface area (Å²) in [6.45, 7) is 2.22. The number of carbonyl (C=O) groups excluding carboxylic acids is 1. The number of hydrogen-bond acceptors (Lipinski definition) is 3. The fraction of sp³-hybridized carbons (Fsp3) is 0.263. The third-order valence-corrected chi connectivity index (χ3v) is 4.07. The lowest BCUT2D eigenvalue weighted by atomic mass is 10.1. The largest absolute Gasteiger partial charge is 0.372 e. The molecule has 116 valence electrons. The van der Waals surface area contributed by atoms with Gasteiger partial charge in [-0.05, 0) is 54.8 Å². The van der Waals surface area contributed by atoms with Crippen LogP contribution < -0.4 is 10.2 Å². The van der Waals surface area contributed by atoms with Crippen molar-refractivity contribution in [2.24, 2.45) is 0 Å². The Balaban J connectivity index is 1.67. The number of carbonyl (C=O) groups is 1. The molecule has 2 aromatic carbocycles. The number of anilines is 2. The molecule has 2 aromatic rings. The molecule has 0 unspecified atom stereocenters. The van der Waals surface area contributed by atoms with Crippen molar-refractivity contribution in [2.75, 3.05) is 23.3 Å². The maximum Gasteiger partial charge on any atom is 0.255 e. The van der Waals surface area contributed by atoms with Crippen molar-refractivity contribution >= 4 is 17.3 Å². The van der Waals surface area contributed by atoms with Crippen molar-refractivity contribution in [1.29, 1.82) is 5.26 Å². The maximum absolute atomic E-state index is 12.3. The summed E-state index contributed by atoms with van der Waals surface area (Å²) in [6.07, 6.45) is 2.81. The highest BCUT2D eigenvalue weighted by Gasteiger charge is 2.12. The first-order valence-corrected chi connectivity index (χ1v) is 7.88. The topological polar surface area (TPSA) is 56.1 Å². The first-order valence-electron chi connectivity index (χ1n) is 7.88. The quantitative estimate of drug-likeness (QED) is 0.939. The molecule has 0 radical (unpaired) electrons. The van der Waals surface area contributed by atoms with E-state index in [1.54, 1.807) is 18.2 Å². The van der Waals surface area contributed by atoms with E-state index in [0.717, 1.165) is 24.3 Å². The molecule has 1 heterocycles. The maximum atomic E-state index is 12.3. The molecule has 4 nitrogen and oxygen atoms in total. The van der Waals surface area contributed by atoms with Gasteiger partial charge in [-0.1, -0.05) is 12.1 Å². The third kappa shape index (κ3) is 3.70. The Morgan fingerprint density at radius 3 is 2.57 bits per heavy atom. The number of amides is 1. The smallest absolute Gasteiger partial charge is 0.255 e. The number of nitrogens with one attached hydrogen (secondary N) is 1. The van der Waals surface area contributed by atoms with E-state index < -0.39 is 0 Å². The molecule has 0 atom stereocenters. The molecule has 1 N–H and O–H groups in total. The van der Waals surface area contributed by atoms with Gasteiger partial charge in [-0.15, -0.1) is 0 Å². The highest BCUT2D eigenvalue weighted by molar-refractivity contribution is 6.04. The van der Waals surface area contributed by atoms with Gasteiger partial charge in [-0.2, -0.15) is 5.26 Å². The molecule has 0 aromatic heterocycles. The Morgan fingerprint density at radius 2 is 1.87 bits per heavy atom. The van der Waals surface area contributed by atoms with Crippen LogP contribution in [0.5, 0.6) is 0 Å². The van der Waals surface area contributed by atoms with E-state index in [-0.39, 0.29) is 5.91 Å². The summed E-state index contributed by atoms with van der Waals surface area (Å²) in [6, 6.07) is 17.2. The van der Waals surface area contributed by atoms with E-state index >= 15 is 0 Å². The van der Waals surface area contributed by atoms with Crippen LogP contribution in [0.2, 0.25) is 0 Å². The molecule has 1 amide bonds. The van der Waals surface area contributed by atoms with Gasteiger partial charge in [0.15, 0.2) is 0 Å². The summed E-state index contributed by atoms with van der Waals surface area (Å²) in [7, 11) is 0. The lowest BCUT2D eigenvalue weighted by Gasteiger charge is -2.17. The average molecular weight is 305 g/mol. The molecule has 1 aliphatic heterocycles. The molecule has 0 bridgehead atoms. The van der Waals surface area contributed by atoms with Gasteiger partial charge in [0.2, 0.25) is 0 Å². The standard InChI is InChI=1S/C19H19N3O/c20-11-10-15-4-3-5-16(14-15)19(23)21-17-6-8-18(9-7-17)22-12-1-2-13-22/h3-9,14H,1-2,10,12-13H2,(H,21,23). The molecule has 0 spiro atoms. The second kappa shape index (κ2) is 6.97. The van der Waals surface area contributed by atoms with Gasteiger partial charge in [0, 0.05) is 30.0 Å². The fourth-order valence-electron chi connectivity index (χ4n) is 2.85. The number of benzene rings is 2. The molecule has 4 heteroatoms. The van der Waals surface area contributed by atoms with Crippen LogP contribution in [0.3, 0.4) is 0 Å². The van der Waals surface area contributed by atoms with E-state index in [4.69, 9.17) is 5.26 Å². The van der Waals surface area contributed by atoms with Crippen LogP contribution >= 0.6 is 0 Å². The number of hydrogen-bond donors (Lipinski definition) is 1. The van der Waals surface area contributed by atoms with Crippen molar-refractivity contribution in [2.45, 2.75) is 19.3 Å². The van der Waals surface area contributed by atoms with Crippen molar-refractivity contribution in [3.8, 4) is 6.07 Å². The van der Waals surface area contributed by atoms with E-state index in [0.29, 0.717) is 12.0 Å². The second-order valence-electron chi connectivity index (χ2n) is 5.73. The van der Waals surface area contributed by atoms with Gasteiger partial charge in [0.1, 0.15) is 0 Å². The Bertz CT molecular complexity index is 725. The fourth-order valence-corrected chi connectivity index (χ4v) is 2.85. The highest BCUT2D eigenvalue weighted by atomic mass is 16.1. The summed E-state index contributed by atoms with van der Waals surface area (Å²) in [5.74, 6) is -0.154. The highest BCUT2D eigenvalue weighted by Crippen LogP contribution is 2.22. The number of nitrogens with zero attached hydrogens (tertiary/aromatic N) is 2. The summed E-state index contributed by atoms with van der Waals surface area (Å²) in [4.78, 5) is 14.7. The van der Waals surface area contributed by atoms with Gasteiger partial charge in [0.05, 0.1) is 12.5 Å². The summed E-state index contributed by atoms with van der Waals surface area (Å²) < 4.78 is 0. The monoisotopic (exact) mass is 305 g/mol. The number of rotatable bonds is 4. The first kappa shape index (κ1) is 15.1. The van der Waals surface area contributed by atoms with E-state index in [1.165, 1.54) is 18.5 Å². The molecule has 1 fully saturated rings. The van der Waals surface area contributed by atoms with Crippen LogP contribution in [-0.4, -0.2) is 19.0 Å². The second-order valence-corrected chi connectivity index (χ2v) is 5.73. The summed E-state index contributed by atoms with van der Waals surface area (Å²) in [5, 5.41) is 11.7. The molecular weight excluding hydrogens is 286 g/mol. The summed E-state index contributed by atoms with van der Waals surface area (Å²) in [5.41, 5.74) is 3.41. The van der Waals surface area contributed by atoms with E-state index in [1.807, 2.05) is 30.3 Å². The van der Waals surface area contributed by atoms with Crippen LogP contribution in [0.1, 0.15) is 28.8 Å². The van der Waals surface area contributed by atoms with Crippen molar-refractivity contribution in [3.05, 3.63) is 59.7 Å². The zero-order valence-corrected chi connectivity index (χ0v) is 13.0. The molecule has 1 saturated heterocycles. The van der Waals surface area contributed by atoms with Crippen molar-refractivity contribution in [1.82, 2.24) is 0 Å². The van der Waals surface area contributed by atoms with Gasteiger partial charge in [-0.25, -0.2) is 0 Å². The Kier molecular flexibility index (Phi) is 4.58. The van der Waals surface area contributed by atoms with E-state index in [9.17, 15) is 4.79 Å². The third-order valence-electron chi connectivity index (χ3n) is 4.07. The van der Waals surface area contributed by atoms with Crippen LogP contribution in [0.15, 0.2) is 48.5 Å². The van der Waals surface area contributed by atoms with Gasteiger partial charge >= 0.3 is 0 Å². The molecule has 0 aliphatic carbocycles. The number of nitriles is 1. The predicted molar refractivity (Wildman–Crippen MR) is 91.6 cm³/mol. The minimum Gasteiger partial charge on any atom is -0.372 e. The van der Waals surface area contributed by atoms with Crippen molar-refractivity contribution in [3.63, 3.8) is 0 Å². The van der Waals surface area contributed by atoms with Gasteiger partial charge < -0.3 is 10.2 Å². The first-order chi connectivity index (χ1) is 11.3. The molecule has 3 rings (SSSR count). The predicted octanol–water partition coefficient (Wildman–Crippen LogP) is 3.61. The summed E-state index contributed by atoms with van der Waals surface area (Å²) >= 11 is 0. The zero-order chi connectivity index (χ0) is 16.1. The lowest BCUT2D eigenvalue weighted by Crippen LogP contribution is -2.17. The van der Waals surface area contributed by atoms with Crippen molar-refractivity contribution < 1.29 is 4.79 Å². The van der Waals surface area contributed by atoms with Crippen LogP contribution in [-0.2, 0) is 6.42 Å². The SMILES string of the molecule is N#CCc1cccc(C(=O)Nc2ccc(N3CCCC3)cc2)c1. The average Bonchev–Trinajstić information content (AvgIpc) is 3.11. The van der Waals surface area contributed by atoms with Gasteiger partial charge in [-0.3, -0.25) is 4.79 Å². The minimum atomic E-state index is -0.154.